The Balaban J connectivity index is 1.23. The standard InChI is InChI=1S/C25H21F3N4O2S/c1-16-5-7-21(8-6-16)35-34-20-13-31(14-20)24(33)15-32-23-10-18(11-29-22(23)12-30-32)17-3-2-4-19(9-17)25(26,27)28/h2-12,20H,13-15H2,1H3. The first-order chi connectivity index (χ1) is 16.8. The molecule has 1 fully saturated rings. The number of carbonyl (C=O) groups is 1. The molecule has 0 radical (unpaired) electrons. The van der Waals surface area contributed by atoms with Crippen LogP contribution in [0.3, 0.4) is 0 Å². The van der Waals surface area contributed by atoms with Gasteiger partial charge in [-0.25, -0.2) is 0 Å². The Morgan fingerprint density at radius 1 is 1.09 bits per heavy atom. The van der Waals surface area contributed by atoms with Gasteiger partial charge >= 0.3 is 6.18 Å². The van der Waals surface area contributed by atoms with Crippen LogP contribution in [0.2, 0.25) is 0 Å². The van der Waals surface area contributed by atoms with Crippen molar-refractivity contribution in [2.75, 3.05) is 13.1 Å². The Hall–Kier alpha value is -3.37. The maximum absolute atomic E-state index is 13.1. The summed E-state index contributed by atoms with van der Waals surface area (Å²) in [5, 5.41) is 4.26. The van der Waals surface area contributed by atoms with Crippen LogP contribution >= 0.6 is 12.0 Å². The van der Waals surface area contributed by atoms with Gasteiger partial charge in [0.1, 0.15) is 18.2 Å². The zero-order valence-corrected chi connectivity index (χ0v) is 19.5. The Kier molecular flexibility index (Phi) is 6.24. The van der Waals surface area contributed by atoms with Crippen molar-refractivity contribution in [3.05, 3.63) is 78.1 Å². The van der Waals surface area contributed by atoms with Gasteiger partial charge in [0.25, 0.3) is 0 Å². The van der Waals surface area contributed by atoms with Gasteiger partial charge in [-0.1, -0.05) is 29.8 Å². The minimum atomic E-state index is -4.43. The normalized spacial score (nSPS) is 14.3. The summed E-state index contributed by atoms with van der Waals surface area (Å²) in [5.41, 5.74) is 2.50. The van der Waals surface area contributed by atoms with Gasteiger partial charge in [0.2, 0.25) is 5.91 Å². The summed E-state index contributed by atoms with van der Waals surface area (Å²) in [6.07, 6.45) is -1.43. The van der Waals surface area contributed by atoms with E-state index in [1.807, 2.05) is 31.2 Å². The second-order valence-corrected chi connectivity index (χ2v) is 9.25. The summed E-state index contributed by atoms with van der Waals surface area (Å²) in [4.78, 5) is 19.8. The predicted octanol–water partition coefficient (Wildman–Crippen LogP) is 5.36. The molecule has 180 valence electrons. The number of carbonyl (C=O) groups excluding carboxylic acids is 1. The van der Waals surface area contributed by atoms with Crippen LogP contribution in [0.5, 0.6) is 0 Å². The molecule has 4 aromatic rings. The lowest BCUT2D eigenvalue weighted by Gasteiger charge is -2.38. The highest BCUT2D eigenvalue weighted by atomic mass is 32.2. The molecule has 6 nitrogen and oxygen atoms in total. The van der Waals surface area contributed by atoms with Gasteiger partial charge in [-0.2, -0.15) is 18.3 Å². The Labute approximate surface area is 203 Å². The van der Waals surface area contributed by atoms with E-state index in [1.54, 1.807) is 23.2 Å². The molecule has 0 bridgehead atoms. The summed E-state index contributed by atoms with van der Waals surface area (Å²) < 4.78 is 46.6. The number of nitrogens with zero attached hydrogens (tertiary/aromatic N) is 4. The lowest BCUT2D eigenvalue weighted by molar-refractivity contribution is -0.140. The van der Waals surface area contributed by atoms with E-state index in [2.05, 4.69) is 10.1 Å². The summed E-state index contributed by atoms with van der Waals surface area (Å²) in [6.45, 7) is 3.01. The molecule has 0 atom stereocenters. The fraction of sp³-hybridized carbons (Fsp3) is 0.240. The largest absolute Gasteiger partial charge is 0.416 e. The first-order valence-electron chi connectivity index (χ1n) is 10.9. The highest BCUT2D eigenvalue weighted by Gasteiger charge is 2.32. The van der Waals surface area contributed by atoms with E-state index in [4.69, 9.17) is 4.18 Å². The van der Waals surface area contributed by atoms with Gasteiger partial charge in [-0.05, 0) is 42.8 Å². The van der Waals surface area contributed by atoms with Crippen molar-refractivity contribution in [2.45, 2.75) is 30.6 Å². The number of hydrogen-bond acceptors (Lipinski definition) is 5. The Bertz CT molecular complexity index is 1370. The Morgan fingerprint density at radius 2 is 1.86 bits per heavy atom. The van der Waals surface area contributed by atoms with Crippen LogP contribution in [0.4, 0.5) is 13.2 Å². The topological polar surface area (TPSA) is 60.2 Å². The highest BCUT2D eigenvalue weighted by molar-refractivity contribution is 7.94. The van der Waals surface area contributed by atoms with Crippen LogP contribution in [0.1, 0.15) is 11.1 Å². The number of aryl methyl sites for hydroxylation is 1. The molecule has 35 heavy (non-hydrogen) atoms. The molecule has 1 saturated heterocycles. The predicted molar refractivity (Wildman–Crippen MR) is 126 cm³/mol. The Morgan fingerprint density at radius 3 is 2.60 bits per heavy atom. The fourth-order valence-electron chi connectivity index (χ4n) is 3.76. The van der Waals surface area contributed by atoms with Gasteiger partial charge in [-0.15, -0.1) is 0 Å². The summed E-state index contributed by atoms with van der Waals surface area (Å²) in [6, 6.07) is 14.8. The van der Waals surface area contributed by atoms with Crippen molar-refractivity contribution >= 4 is 29.0 Å². The molecule has 1 amide bonds. The maximum atomic E-state index is 13.1. The number of benzene rings is 2. The van der Waals surface area contributed by atoms with Crippen LogP contribution in [0.25, 0.3) is 22.2 Å². The number of hydrogen-bond donors (Lipinski definition) is 0. The number of likely N-dealkylation sites (tertiary alicyclic amines) is 1. The third kappa shape index (κ3) is 5.18. The monoisotopic (exact) mass is 498 g/mol. The van der Waals surface area contributed by atoms with E-state index in [1.165, 1.54) is 34.6 Å². The molecular weight excluding hydrogens is 477 g/mol. The van der Waals surface area contributed by atoms with Crippen LogP contribution < -0.4 is 0 Å². The number of halogens is 3. The van der Waals surface area contributed by atoms with Gasteiger partial charge in [0.05, 0.1) is 30.4 Å². The molecule has 0 N–H and O–H groups in total. The zero-order chi connectivity index (χ0) is 24.6. The molecule has 1 aliphatic heterocycles. The average molecular weight is 499 g/mol. The SMILES string of the molecule is Cc1ccc(SOC2CN(C(=O)Cn3ncc4ncc(-c5cccc(C(F)(F)F)c5)cc43)C2)cc1. The number of fused-ring (bicyclic) bond motifs is 1. The van der Waals surface area contributed by atoms with Crippen molar-refractivity contribution in [3.8, 4) is 11.1 Å². The minimum absolute atomic E-state index is 0.00898. The van der Waals surface area contributed by atoms with E-state index >= 15 is 0 Å². The first-order valence-corrected chi connectivity index (χ1v) is 11.7. The maximum Gasteiger partial charge on any atom is 0.416 e. The molecule has 0 saturated carbocycles. The van der Waals surface area contributed by atoms with Crippen molar-refractivity contribution < 1.29 is 22.1 Å². The van der Waals surface area contributed by atoms with Gasteiger partial charge in [0.15, 0.2) is 0 Å². The molecule has 1 aliphatic rings. The summed E-state index contributed by atoms with van der Waals surface area (Å²) in [5.74, 6) is -0.111. The fourth-order valence-corrected chi connectivity index (χ4v) is 4.38. The van der Waals surface area contributed by atoms with Gasteiger partial charge in [-0.3, -0.25) is 14.5 Å². The number of rotatable bonds is 6. The van der Waals surface area contributed by atoms with Crippen molar-refractivity contribution in [1.29, 1.82) is 0 Å². The molecule has 2 aromatic carbocycles. The zero-order valence-electron chi connectivity index (χ0n) is 18.7. The minimum Gasteiger partial charge on any atom is -0.336 e. The highest BCUT2D eigenvalue weighted by Crippen LogP contribution is 2.32. The molecule has 0 aliphatic carbocycles. The van der Waals surface area contributed by atoms with Gasteiger partial charge in [0, 0.05) is 28.7 Å². The lowest BCUT2D eigenvalue weighted by Crippen LogP contribution is -2.55. The second kappa shape index (κ2) is 9.35. The van der Waals surface area contributed by atoms with Crippen molar-refractivity contribution in [3.63, 3.8) is 0 Å². The average Bonchev–Trinajstić information content (AvgIpc) is 3.20. The van der Waals surface area contributed by atoms with E-state index in [-0.39, 0.29) is 18.6 Å². The van der Waals surface area contributed by atoms with Crippen molar-refractivity contribution in [2.24, 2.45) is 0 Å². The summed E-state index contributed by atoms with van der Waals surface area (Å²) in [7, 11) is 0. The first kappa shape index (κ1) is 23.4. The number of alkyl halides is 3. The molecule has 3 heterocycles. The third-order valence-electron chi connectivity index (χ3n) is 5.81. The van der Waals surface area contributed by atoms with E-state index in [0.29, 0.717) is 35.2 Å². The number of amides is 1. The third-order valence-corrected chi connectivity index (χ3v) is 6.64. The molecule has 0 unspecified atom stereocenters. The van der Waals surface area contributed by atoms with Crippen LogP contribution in [-0.4, -0.2) is 44.8 Å². The molecule has 5 rings (SSSR count). The molecule has 0 spiro atoms. The molecular formula is C25H21F3N4O2S. The summed E-state index contributed by atoms with van der Waals surface area (Å²) >= 11 is 1.30. The second-order valence-electron chi connectivity index (χ2n) is 8.42. The van der Waals surface area contributed by atoms with E-state index in [0.717, 1.165) is 17.0 Å². The van der Waals surface area contributed by atoms with Crippen LogP contribution in [-0.2, 0) is 21.7 Å². The number of pyridine rings is 1. The van der Waals surface area contributed by atoms with E-state index < -0.39 is 11.7 Å². The van der Waals surface area contributed by atoms with Crippen LogP contribution in [0.15, 0.2) is 71.9 Å². The molecule has 10 heteroatoms. The number of aromatic nitrogens is 3. The molecule has 2 aromatic heterocycles. The van der Waals surface area contributed by atoms with E-state index in [9.17, 15) is 18.0 Å². The van der Waals surface area contributed by atoms with Gasteiger partial charge < -0.3 is 9.08 Å². The lowest BCUT2D eigenvalue weighted by atomic mass is 10.0. The quantitative estimate of drug-likeness (QED) is 0.335. The smallest absolute Gasteiger partial charge is 0.336 e. The van der Waals surface area contributed by atoms with Crippen molar-refractivity contribution in [1.82, 2.24) is 19.7 Å². The van der Waals surface area contributed by atoms with Crippen LogP contribution in [0, 0.1) is 6.92 Å².